The first-order valence-corrected chi connectivity index (χ1v) is 9.47. The van der Waals surface area contributed by atoms with Crippen LogP contribution in [0.4, 0.5) is 13.2 Å². The lowest BCUT2D eigenvalue weighted by atomic mass is 10.1. The SMILES string of the molecule is O=C(NCCCNC(=O)c1cc(-c2ccccc2)on1)c1ccncc1.O=C(O)C(F)(F)F. The van der Waals surface area contributed by atoms with Gasteiger partial charge in [-0.15, -0.1) is 0 Å². The van der Waals surface area contributed by atoms with Crippen LogP contribution in [0.5, 0.6) is 0 Å². The molecular weight excluding hydrogens is 445 g/mol. The summed E-state index contributed by atoms with van der Waals surface area (Å²) in [6.07, 6.45) is -1.35. The number of pyridine rings is 1. The quantitative estimate of drug-likeness (QED) is 0.458. The Hall–Kier alpha value is -4.22. The van der Waals surface area contributed by atoms with Gasteiger partial charge in [0.25, 0.3) is 11.8 Å². The van der Waals surface area contributed by atoms with E-state index in [1.54, 1.807) is 30.6 Å². The molecule has 2 heterocycles. The van der Waals surface area contributed by atoms with Crippen molar-refractivity contribution >= 4 is 17.8 Å². The largest absolute Gasteiger partial charge is 0.490 e. The number of carboxylic acid groups (broad SMARTS) is 1. The molecule has 0 aliphatic carbocycles. The second-order valence-corrected chi connectivity index (χ2v) is 6.35. The summed E-state index contributed by atoms with van der Waals surface area (Å²) in [6, 6.07) is 14.3. The van der Waals surface area contributed by atoms with E-state index in [4.69, 9.17) is 14.4 Å². The van der Waals surface area contributed by atoms with E-state index in [-0.39, 0.29) is 17.5 Å². The molecule has 174 valence electrons. The maximum atomic E-state index is 12.1. The zero-order valence-corrected chi connectivity index (χ0v) is 17.0. The standard InChI is InChI=1S/C19H18N4O3.C2HF3O2/c24-18(15-7-11-20-12-8-15)21-9-4-10-22-19(25)16-13-17(26-23-16)14-5-2-1-3-6-14;3-2(4,5)1(6)7/h1-3,5-8,11-13H,4,9-10H2,(H,21,24)(H,22,25);(H,6,7). The first-order chi connectivity index (χ1) is 15.7. The summed E-state index contributed by atoms with van der Waals surface area (Å²) in [5.74, 6) is -2.69. The second kappa shape index (κ2) is 12.0. The van der Waals surface area contributed by atoms with Crippen LogP contribution >= 0.6 is 0 Å². The van der Waals surface area contributed by atoms with Crippen LogP contribution in [0.3, 0.4) is 0 Å². The molecule has 0 fully saturated rings. The van der Waals surface area contributed by atoms with Crippen LogP contribution in [0.2, 0.25) is 0 Å². The minimum atomic E-state index is -5.08. The van der Waals surface area contributed by atoms with E-state index in [9.17, 15) is 22.8 Å². The Morgan fingerprint density at radius 1 is 0.939 bits per heavy atom. The predicted molar refractivity (Wildman–Crippen MR) is 109 cm³/mol. The number of halogens is 3. The highest BCUT2D eigenvalue weighted by atomic mass is 19.4. The number of carbonyl (C=O) groups is 3. The van der Waals surface area contributed by atoms with Gasteiger partial charge in [-0.05, 0) is 18.6 Å². The number of alkyl halides is 3. The molecule has 9 nitrogen and oxygen atoms in total. The number of aliphatic carboxylic acids is 1. The number of hydrogen-bond donors (Lipinski definition) is 3. The van der Waals surface area contributed by atoms with E-state index in [0.29, 0.717) is 30.8 Å². The summed E-state index contributed by atoms with van der Waals surface area (Å²) in [7, 11) is 0. The van der Waals surface area contributed by atoms with Gasteiger partial charge < -0.3 is 20.3 Å². The minimum Gasteiger partial charge on any atom is -0.475 e. The fraction of sp³-hybridized carbons (Fsp3) is 0.190. The maximum Gasteiger partial charge on any atom is 0.490 e. The first-order valence-electron chi connectivity index (χ1n) is 9.47. The van der Waals surface area contributed by atoms with Gasteiger partial charge in [0.05, 0.1) is 0 Å². The number of benzene rings is 1. The number of amides is 2. The predicted octanol–water partition coefficient (Wildman–Crippen LogP) is 2.92. The Kier molecular flexibility index (Phi) is 9.09. The van der Waals surface area contributed by atoms with Crippen LogP contribution in [0.15, 0.2) is 65.4 Å². The number of nitrogens with zero attached hydrogens (tertiary/aromatic N) is 2. The van der Waals surface area contributed by atoms with E-state index in [2.05, 4.69) is 20.8 Å². The zero-order chi connectivity index (χ0) is 24.3. The highest BCUT2D eigenvalue weighted by Crippen LogP contribution is 2.19. The van der Waals surface area contributed by atoms with Gasteiger partial charge in [0, 0.05) is 42.7 Å². The highest BCUT2D eigenvalue weighted by Gasteiger charge is 2.38. The second-order valence-electron chi connectivity index (χ2n) is 6.35. The van der Waals surface area contributed by atoms with Crippen molar-refractivity contribution in [3.8, 4) is 11.3 Å². The first kappa shape index (κ1) is 25.0. The topological polar surface area (TPSA) is 134 Å². The Balaban J connectivity index is 0.000000479. The summed E-state index contributed by atoms with van der Waals surface area (Å²) in [5, 5.41) is 16.5. The van der Waals surface area contributed by atoms with E-state index in [1.807, 2.05) is 30.3 Å². The molecule has 3 rings (SSSR count). The van der Waals surface area contributed by atoms with Gasteiger partial charge >= 0.3 is 12.1 Å². The molecule has 12 heteroatoms. The summed E-state index contributed by atoms with van der Waals surface area (Å²) in [4.78, 5) is 36.7. The van der Waals surface area contributed by atoms with Crippen molar-refractivity contribution in [2.45, 2.75) is 12.6 Å². The normalized spacial score (nSPS) is 10.5. The van der Waals surface area contributed by atoms with Gasteiger partial charge in [-0.2, -0.15) is 13.2 Å². The third-order valence-electron chi connectivity index (χ3n) is 3.91. The van der Waals surface area contributed by atoms with Crippen molar-refractivity contribution in [2.75, 3.05) is 13.1 Å². The van der Waals surface area contributed by atoms with Gasteiger partial charge in [-0.3, -0.25) is 14.6 Å². The summed E-state index contributed by atoms with van der Waals surface area (Å²) in [5.41, 5.74) is 1.64. The highest BCUT2D eigenvalue weighted by molar-refractivity contribution is 5.94. The number of hydrogen-bond acceptors (Lipinski definition) is 6. The van der Waals surface area contributed by atoms with Gasteiger partial charge in [-0.25, -0.2) is 4.79 Å². The lowest BCUT2D eigenvalue weighted by Crippen LogP contribution is -2.30. The lowest BCUT2D eigenvalue weighted by Gasteiger charge is -2.05. The van der Waals surface area contributed by atoms with Gasteiger partial charge in [0.2, 0.25) is 0 Å². The molecule has 0 saturated heterocycles. The molecule has 0 atom stereocenters. The van der Waals surface area contributed by atoms with Crippen LogP contribution in [0.1, 0.15) is 27.3 Å². The van der Waals surface area contributed by atoms with Crippen molar-refractivity contribution in [2.24, 2.45) is 0 Å². The number of nitrogens with one attached hydrogen (secondary N) is 2. The molecule has 33 heavy (non-hydrogen) atoms. The van der Waals surface area contributed by atoms with Gasteiger partial charge in [-0.1, -0.05) is 35.5 Å². The summed E-state index contributed by atoms with van der Waals surface area (Å²) >= 11 is 0. The van der Waals surface area contributed by atoms with Crippen molar-refractivity contribution in [1.82, 2.24) is 20.8 Å². The molecule has 2 aromatic heterocycles. The Bertz CT molecular complexity index is 1060. The van der Waals surface area contributed by atoms with Crippen LogP contribution in [0, 0.1) is 0 Å². The van der Waals surface area contributed by atoms with Crippen LogP contribution in [-0.2, 0) is 4.79 Å². The van der Waals surface area contributed by atoms with Crippen LogP contribution in [-0.4, -0.2) is 52.3 Å². The number of carbonyl (C=O) groups excluding carboxylic acids is 2. The molecule has 0 aliphatic rings. The average Bonchev–Trinajstić information content (AvgIpc) is 3.30. The third kappa shape index (κ3) is 8.44. The Morgan fingerprint density at radius 2 is 1.52 bits per heavy atom. The van der Waals surface area contributed by atoms with Crippen molar-refractivity contribution in [3.05, 3.63) is 72.2 Å². The lowest BCUT2D eigenvalue weighted by molar-refractivity contribution is -0.192. The molecule has 3 aromatic rings. The molecule has 0 radical (unpaired) electrons. The van der Waals surface area contributed by atoms with Gasteiger partial charge in [0.1, 0.15) is 0 Å². The fourth-order valence-corrected chi connectivity index (χ4v) is 2.31. The molecule has 0 spiro atoms. The molecule has 0 saturated carbocycles. The minimum absolute atomic E-state index is 0.164. The Morgan fingerprint density at radius 3 is 2.09 bits per heavy atom. The number of aromatic nitrogens is 2. The van der Waals surface area contributed by atoms with Gasteiger partial charge in [0.15, 0.2) is 11.5 Å². The molecule has 3 N–H and O–H groups in total. The summed E-state index contributed by atoms with van der Waals surface area (Å²) in [6.45, 7) is 0.874. The van der Waals surface area contributed by atoms with E-state index >= 15 is 0 Å². The maximum absolute atomic E-state index is 12.1. The van der Waals surface area contributed by atoms with Crippen molar-refractivity contribution in [3.63, 3.8) is 0 Å². The van der Waals surface area contributed by atoms with E-state index in [1.165, 1.54) is 0 Å². The van der Waals surface area contributed by atoms with E-state index in [0.717, 1.165) is 5.56 Å². The van der Waals surface area contributed by atoms with Crippen molar-refractivity contribution < 1.29 is 37.2 Å². The molecular formula is C21H19F3N4O5. The average molecular weight is 464 g/mol. The Labute approximate surface area is 185 Å². The number of carboxylic acids is 1. The third-order valence-corrected chi connectivity index (χ3v) is 3.91. The molecule has 0 aliphatic heterocycles. The van der Waals surface area contributed by atoms with Crippen molar-refractivity contribution in [1.29, 1.82) is 0 Å². The monoisotopic (exact) mass is 464 g/mol. The smallest absolute Gasteiger partial charge is 0.475 e. The molecule has 0 unspecified atom stereocenters. The molecule has 0 bridgehead atoms. The van der Waals surface area contributed by atoms with Crippen LogP contribution < -0.4 is 10.6 Å². The van der Waals surface area contributed by atoms with Crippen LogP contribution in [0.25, 0.3) is 11.3 Å². The van der Waals surface area contributed by atoms with E-state index < -0.39 is 12.1 Å². The fourth-order valence-electron chi connectivity index (χ4n) is 2.31. The molecule has 1 aromatic carbocycles. The zero-order valence-electron chi connectivity index (χ0n) is 17.0. The number of rotatable bonds is 7. The summed E-state index contributed by atoms with van der Waals surface area (Å²) < 4.78 is 36.9. The molecule has 2 amide bonds.